The van der Waals surface area contributed by atoms with E-state index in [4.69, 9.17) is 24.5 Å². The summed E-state index contributed by atoms with van der Waals surface area (Å²) in [5.41, 5.74) is 11.4. The van der Waals surface area contributed by atoms with Crippen LogP contribution in [0.1, 0.15) is 27.3 Å². The summed E-state index contributed by atoms with van der Waals surface area (Å²) < 4.78 is 21.8. The van der Waals surface area contributed by atoms with Crippen LogP contribution in [0.15, 0.2) is 40.9 Å². The number of methoxy groups -OCH3 is 3. The van der Waals surface area contributed by atoms with Crippen LogP contribution in [-0.4, -0.2) is 47.3 Å². The van der Waals surface area contributed by atoms with Gasteiger partial charge in [-0.1, -0.05) is 22.6 Å². The number of hydrogen-bond acceptors (Lipinski definition) is 11. The smallest absolute Gasteiger partial charge is 0.272 e. The van der Waals surface area contributed by atoms with Gasteiger partial charge in [-0.2, -0.15) is 4.98 Å². The topological polar surface area (TPSA) is 162 Å². The summed E-state index contributed by atoms with van der Waals surface area (Å²) in [7, 11) is 4.63. The molecule has 0 fully saturated rings. The number of carbonyl (C=O) groups is 1. The Labute approximate surface area is 239 Å². The maximum atomic E-state index is 12.8. The van der Waals surface area contributed by atoms with Crippen molar-refractivity contribution in [1.82, 2.24) is 20.1 Å². The maximum Gasteiger partial charge on any atom is 0.272 e. The number of aromatic nitrogens is 4. The number of nitrogens with one attached hydrogen (secondary N) is 3. The molecule has 12 nitrogen and oxygen atoms in total. The summed E-state index contributed by atoms with van der Waals surface area (Å²) in [5, 5.41) is 10.8. The van der Waals surface area contributed by atoms with Crippen LogP contribution in [0.4, 0.5) is 22.3 Å². The molecule has 41 heavy (non-hydrogen) atoms. The molecule has 0 spiro atoms. The minimum absolute atomic E-state index is 0.208. The van der Waals surface area contributed by atoms with E-state index in [-0.39, 0.29) is 17.6 Å². The highest BCUT2D eigenvalue weighted by Crippen LogP contribution is 2.42. The zero-order valence-electron chi connectivity index (χ0n) is 23.3. The molecular weight excluding hydrogens is 546 g/mol. The second-order valence-electron chi connectivity index (χ2n) is 9.17. The summed E-state index contributed by atoms with van der Waals surface area (Å²) in [6.07, 6.45) is 0. The summed E-state index contributed by atoms with van der Waals surface area (Å²) in [4.78, 5) is 25.5. The van der Waals surface area contributed by atoms with Crippen molar-refractivity contribution < 1.29 is 23.5 Å². The van der Waals surface area contributed by atoms with Gasteiger partial charge < -0.3 is 40.1 Å². The lowest BCUT2D eigenvalue weighted by molar-refractivity contribution is 0.102. The molecule has 5 rings (SSSR count). The van der Waals surface area contributed by atoms with Gasteiger partial charge in [0.05, 0.1) is 26.9 Å². The average molecular weight is 576 g/mol. The van der Waals surface area contributed by atoms with Gasteiger partial charge in [-0.3, -0.25) is 4.79 Å². The number of rotatable bonds is 9. The Morgan fingerprint density at radius 2 is 1.71 bits per heavy atom. The van der Waals surface area contributed by atoms with Crippen LogP contribution in [0.3, 0.4) is 0 Å². The molecule has 5 aromatic rings. The van der Waals surface area contributed by atoms with Gasteiger partial charge in [-0.25, -0.2) is 4.98 Å². The van der Waals surface area contributed by atoms with Gasteiger partial charge in [0.15, 0.2) is 16.6 Å². The van der Waals surface area contributed by atoms with Crippen molar-refractivity contribution in [2.24, 2.45) is 0 Å². The number of thiazole rings is 1. The summed E-state index contributed by atoms with van der Waals surface area (Å²) in [6, 6.07) is 10.9. The number of ether oxygens (including phenoxy) is 3. The Morgan fingerprint density at radius 3 is 2.34 bits per heavy atom. The number of aryl methyl sites for hydroxylation is 3. The first-order chi connectivity index (χ1) is 19.7. The van der Waals surface area contributed by atoms with Crippen molar-refractivity contribution in [2.75, 3.05) is 37.7 Å². The third kappa shape index (κ3) is 5.52. The molecule has 0 aliphatic carbocycles. The van der Waals surface area contributed by atoms with Gasteiger partial charge in [0, 0.05) is 40.5 Å². The summed E-state index contributed by atoms with van der Waals surface area (Å²) in [6.45, 7) is 5.70. The number of amides is 1. The van der Waals surface area contributed by atoms with Crippen LogP contribution in [0.2, 0.25) is 0 Å². The van der Waals surface area contributed by atoms with Crippen molar-refractivity contribution in [1.29, 1.82) is 0 Å². The summed E-state index contributed by atoms with van der Waals surface area (Å²) >= 11 is 1.25. The highest BCUT2D eigenvalue weighted by molar-refractivity contribution is 7.19. The fourth-order valence-electron chi connectivity index (χ4n) is 4.34. The number of aromatic amines is 1. The molecule has 13 heteroatoms. The molecule has 0 saturated carbocycles. The Morgan fingerprint density at radius 1 is 0.976 bits per heavy atom. The van der Waals surface area contributed by atoms with Gasteiger partial charge in [0.25, 0.3) is 11.8 Å². The second kappa shape index (κ2) is 11.2. The first-order valence-corrected chi connectivity index (χ1v) is 13.3. The fourth-order valence-corrected chi connectivity index (χ4v) is 5.17. The molecule has 0 aliphatic heterocycles. The number of nitrogen functional groups attached to an aromatic ring is 1. The second-order valence-corrected chi connectivity index (χ2v) is 10.2. The minimum Gasteiger partial charge on any atom is -0.493 e. The Balaban J connectivity index is 1.38. The molecular formula is C28H29N7O5S. The van der Waals surface area contributed by atoms with Crippen LogP contribution in [0.5, 0.6) is 17.2 Å². The third-order valence-corrected chi connectivity index (χ3v) is 7.29. The van der Waals surface area contributed by atoms with E-state index in [1.807, 2.05) is 45.0 Å². The quantitative estimate of drug-likeness (QED) is 0.171. The molecule has 3 aromatic heterocycles. The fraction of sp³-hybridized carbons (Fsp3) is 0.214. The molecule has 0 saturated heterocycles. The number of anilines is 4. The predicted octanol–water partition coefficient (Wildman–Crippen LogP) is 5.72. The number of hydrogen-bond donors (Lipinski definition) is 4. The molecule has 0 atom stereocenters. The third-order valence-electron chi connectivity index (χ3n) is 6.32. The largest absolute Gasteiger partial charge is 0.493 e. The zero-order chi connectivity index (χ0) is 29.3. The standard InChI is InChI=1S/C28H29N7O5S/c1-13-7-8-16(31-26(36)19-9-14(2)30-15(19)3)10-18(13)25-34-27(40-35-25)23-24(29)33-28(41-23)32-17-11-20(37-4)22(39-6)21(12-17)38-5/h7-12,30H,29H2,1-6H3,(H,31,36)(H,32,33). The van der Waals surface area contributed by atoms with Crippen molar-refractivity contribution in [3.63, 3.8) is 0 Å². The highest BCUT2D eigenvalue weighted by Gasteiger charge is 2.21. The molecule has 212 valence electrons. The molecule has 2 aromatic carbocycles. The first-order valence-electron chi connectivity index (χ1n) is 12.5. The zero-order valence-corrected chi connectivity index (χ0v) is 24.1. The van der Waals surface area contributed by atoms with E-state index in [9.17, 15) is 4.79 Å². The molecule has 0 bridgehead atoms. The van der Waals surface area contributed by atoms with Crippen LogP contribution >= 0.6 is 11.3 Å². The van der Waals surface area contributed by atoms with Crippen molar-refractivity contribution >= 4 is 39.6 Å². The maximum absolute atomic E-state index is 12.8. The van der Waals surface area contributed by atoms with E-state index in [1.165, 1.54) is 11.3 Å². The van der Waals surface area contributed by atoms with Gasteiger partial charge in [0.2, 0.25) is 11.6 Å². The lowest BCUT2D eigenvalue weighted by atomic mass is 10.1. The monoisotopic (exact) mass is 575 g/mol. The number of H-pyrrole nitrogens is 1. The summed E-state index contributed by atoms with van der Waals surface area (Å²) in [5.74, 6) is 2.07. The van der Waals surface area contributed by atoms with Crippen molar-refractivity contribution in [3.8, 4) is 39.4 Å². The molecule has 1 amide bonds. The van der Waals surface area contributed by atoms with E-state index in [2.05, 4.69) is 30.7 Å². The van der Waals surface area contributed by atoms with Crippen LogP contribution in [0, 0.1) is 20.8 Å². The Hall–Kier alpha value is -5.04. The number of nitrogens with zero attached hydrogens (tertiary/aromatic N) is 3. The predicted molar refractivity (Wildman–Crippen MR) is 158 cm³/mol. The normalized spacial score (nSPS) is 10.9. The van der Waals surface area contributed by atoms with Gasteiger partial charge in [-0.05, 0) is 44.5 Å². The van der Waals surface area contributed by atoms with E-state index >= 15 is 0 Å². The lowest BCUT2D eigenvalue weighted by Gasteiger charge is -2.14. The molecule has 0 radical (unpaired) electrons. The van der Waals surface area contributed by atoms with Crippen LogP contribution in [0.25, 0.3) is 22.2 Å². The number of carbonyl (C=O) groups excluding carboxylic acids is 1. The number of benzene rings is 2. The Bertz CT molecular complexity index is 1710. The molecule has 0 unspecified atom stereocenters. The molecule has 0 aliphatic rings. The van der Waals surface area contributed by atoms with E-state index in [0.717, 1.165) is 17.0 Å². The minimum atomic E-state index is -0.208. The SMILES string of the molecule is COc1cc(Nc2nc(N)c(-c3nc(-c4cc(NC(=O)c5cc(C)[nH]c5C)ccc4C)no3)s2)cc(OC)c1OC. The average Bonchev–Trinajstić information content (AvgIpc) is 3.67. The molecule has 5 N–H and O–H groups in total. The number of nitrogens with two attached hydrogens (primary N) is 1. The Kier molecular flexibility index (Phi) is 7.53. The lowest BCUT2D eigenvalue weighted by Crippen LogP contribution is -2.12. The van der Waals surface area contributed by atoms with Gasteiger partial charge >= 0.3 is 0 Å². The van der Waals surface area contributed by atoms with Crippen molar-refractivity contribution in [3.05, 3.63) is 58.9 Å². The van der Waals surface area contributed by atoms with Crippen LogP contribution < -0.4 is 30.6 Å². The first kappa shape index (κ1) is 27.5. The van der Waals surface area contributed by atoms with Crippen LogP contribution in [-0.2, 0) is 0 Å². The van der Waals surface area contributed by atoms with E-state index in [1.54, 1.807) is 33.5 Å². The molecule has 3 heterocycles. The van der Waals surface area contributed by atoms with E-state index in [0.29, 0.717) is 55.6 Å². The van der Waals surface area contributed by atoms with Crippen molar-refractivity contribution in [2.45, 2.75) is 20.8 Å². The van der Waals surface area contributed by atoms with Gasteiger partial charge in [0.1, 0.15) is 10.7 Å². The van der Waals surface area contributed by atoms with E-state index < -0.39 is 0 Å². The van der Waals surface area contributed by atoms with Gasteiger partial charge in [-0.15, -0.1) is 0 Å². The highest BCUT2D eigenvalue weighted by atomic mass is 32.1.